The molecule has 0 aliphatic carbocycles. The maximum absolute atomic E-state index is 10.9. The standard InChI is InChI=1S/C9H6N4O2S/c14-9(15)6-3-5-7-11-4-12-13(7)2-1-10-8(5)16-6/h1-4,10H,(H,14,15). The number of carboxylic acids is 1. The van der Waals surface area contributed by atoms with Crippen LogP contribution in [-0.2, 0) is 0 Å². The van der Waals surface area contributed by atoms with Crippen molar-refractivity contribution in [1.82, 2.24) is 14.8 Å². The highest BCUT2D eigenvalue weighted by Gasteiger charge is 2.19. The molecule has 3 heterocycles. The van der Waals surface area contributed by atoms with Crippen LogP contribution in [0.5, 0.6) is 0 Å². The second kappa shape index (κ2) is 3.17. The maximum atomic E-state index is 10.9. The Morgan fingerprint density at radius 1 is 1.56 bits per heavy atom. The van der Waals surface area contributed by atoms with Gasteiger partial charge < -0.3 is 10.4 Å². The van der Waals surface area contributed by atoms with Crippen LogP contribution in [0.1, 0.15) is 9.67 Å². The number of nitrogens with one attached hydrogen (secondary N) is 1. The van der Waals surface area contributed by atoms with Gasteiger partial charge in [-0.3, -0.25) is 0 Å². The molecule has 3 rings (SSSR count). The Morgan fingerprint density at radius 3 is 3.25 bits per heavy atom. The van der Waals surface area contributed by atoms with Crippen molar-refractivity contribution in [3.05, 3.63) is 23.5 Å². The molecule has 0 atom stereocenters. The van der Waals surface area contributed by atoms with Crippen molar-refractivity contribution in [3.63, 3.8) is 0 Å². The van der Waals surface area contributed by atoms with Gasteiger partial charge >= 0.3 is 5.97 Å². The molecule has 0 saturated carbocycles. The van der Waals surface area contributed by atoms with Crippen molar-refractivity contribution in [2.75, 3.05) is 5.32 Å². The van der Waals surface area contributed by atoms with Crippen molar-refractivity contribution in [2.24, 2.45) is 0 Å². The Kier molecular flexibility index (Phi) is 1.80. The molecule has 0 saturated heterocycles. The van der Waals surface area contributed by atoms with E-state index in [4.69, 9.17) is 5.11 Å². The molecular weight excluding hydrogens is 228 g/mol. The van der Waals surface area contributed by atoms with Crippen LogP contribution in [0, 0.1) is 0 Å². The van der Waals surface area contributed by atoms with Crippen molar-refractivity contribution in [3.8, 4) is 11.4 Å². The Morgan fingerprint density at radius 2 is 2.44 bits per heavy atom. The number of fused-ring (bicyclic) bond motifs is 3. The Labute approximate surface area is 93.9 Å². The molecule has 0 aromatic carbocycles. The van der Waals surface area contributed by atoms with Gasteiger partial charge in [-0.05, 0) is 6.07 Å². The minimum absolute atomic E-state index is 0.280. The summed E-state index contributed by atoms with van der Waals surface area (Å²) in [5.74, 6) is -0.296. The molecule has 80 valence electrons. The number of thiophene rings is 1. The van der Waals surface area contributed by atoms with Gasteiger partial charge in [-0.15, -0.1) is 11.3 Å². The van der Waals surface area contributed by atoms with E-state index in [0.717, 1.165) is 10.6 Å². The number of aromatic nitrogens is 3. The molecule has 7 heteroatoms. The number of nitrogens with zero attached hydrogens (tertiary/aromatic N) is 3. The Bertz CT molecular complexity index is 598. The first-order chi connectivity index (χ1) is 7.75. The fourth-order valence-corrected chi connectivity index (χ4v) is 2.38. The molecule has 0 amide bonds. The zero-order valence-electron chi connectivity index (χ0n) is 7.91. The number of rotatable bonds is 1. The summed E-state index contributed by atoms with van der Waals surface area (Å²) >= 11 is 1.18. The van der Waals surface area contributed by atoms with Gasteiger partial charge in [0.15, 0.2) is 5.82 Å². The SMILES string of the molecule is O=C(O)c1cc2c(s1)NC=Cn1ncnc1-2. The van der Waals surface area contributed by atoms with Gasteiger partial charge in [-0.1, -0.05) is 0 Å². The summed E-state index contributed by atoms with van der Waals surface area (Å²) in [6.45, 7) is 0. The third-order valence-corrected chi connectivity index (χ3v) is 3.24. The molecule has 0 spiro atoms. The van der Waals surface area contributed by atoms with E-state index in [1.54, 1.807) is 23.1 Å². The summed E-state index contributed by atoms with van der Waals surface area (Å²) in [6, 6.07) is 1.60. The molecule has 1 aliphatic rings. The molecular formula is C9H6N4O2S. The minimum Gasteiger partial charge on any atom is -0.477 e. The zero-order chi connectivity index (χ0) is 11.1. The number of hydrogen-bond donors (Lipinski definition) is 2. The normalized spacial score (nSPS) is 12.5. The fraction of sp³-hybridized carbons (Fsp3) is 0. The first kappa shape index (κ1) is 9.10. The quantitative estimate of drug-likeness (QED) is 0.782. The predicted molar refractivity (Wildman–Crippen MR) is 59.2 cm³/mol. The second-order valence-corrected chi connectivity index (χ2v) is 4.20. The van der Waals surface area contributed by atoms with Gasteiger partial charge in [-0.25, -0.2) is 14.5 Å². The van der Waals surface area contributed by atoms with Gasteiger partial charge in [0.25, 0.3) is 0 Å². The molecule has 16 heavy (non-hydrogen) atoms. The minimum atomic E-state index is -0.935. The van der Waals surface area contributed by atoms with Crippen LogP contribution in [0.3, 0.4) is 0 Å². The van der Waals surface area contributed by atoms with E-state index in [2.05, 4.69) is 15.4 Å². The van der Waals surface area contributed by atoms with E-state index in [9.17, 15) is 4.79 Å². The van der Waals surface area contributed by atoms with Gasteiger partial charge in [0, 0.05) is 12.4 Å². The van der Waals surface area contributed by atoms with Crippen molar-refractivity contribution < 1.29 is 9.90 Å². The molecule has 0 unspecified atom stereocenters. The topological polar surface area (TPSA) is 80.0 Å². The fourth-order valence-electron chi connectivity index (χ4n) is 1.51. The third-order valence-electron chi connectivity index (χ3n) is 2.19. The van der Waals surface area contributed by atoms with Crippen molar-refractivity contribution >= 4 is 28.5 Å². The summed E-state index contributed by atoms with van der Waals surface area (Å²) < 4.78 is 1.59. The number of carboxylic acid groups (broad SMARTS) is 1. The van der Waals surface area contributed by atoms with E-state index in [-0.39, 0.29) is 4.88 Å². The third kappa shape index (κ3) is 1.22. The first-order valence-corrected chi connectivity index (χ1v) is 5.27. The van der Waals surface area contributed by atoms with Crippen LogP contribution in [0.25, 0.3) is 17.6 Å². The van der Waals surface area contributed by atoms with Crippen LogP contribution < -0.4 is 5.32 Å². The van der Waals surface area contributed by atoms with E-state index in [0.29, 0.717) is 5.82 Å². The van der Waals surface area contributed by atoms with Crippen molar-refractivity contribution in [2.45, 2.75) is 0 Å². The molecule has 0 radical (unpaired) electrons. The van der Waals surface area contributed by atoms with Gasteiger partial charge in [-0.2, -0.15) is 5.10 Å². The van der Waals surface area contributed by atoms with Gasteiger partial charge in [0.1, 0.15) is 16.2 Å². The molecule has 2 N–H and O–H groups in total. The summed E-state index contributed by atoms with van der Waals surface area (Å²) in [7, 11) is 0. The van der Waals surface area contributed by atoms with Gasteiger partial charge in [0.05, 0.1) is 5.56 Å². The number of hydrogen-bond acceptors (Lipinski definition) is 5. The second-order valence-electron chi connectivity index (χ2n) is 3.15. The Hall–Kier alpha value is -2.15. The largest absolute Gasteiger partial charge is 0.477 e. The highest BCUT2D eigenvalue weighted by atomic mass is 32.1. The van der Waals surface area contributed by atoms with Crippen LogP contribution in [-0.4, -0.2) is 25.8 Å². The molecule has 1 aliphatic heterocycles. The van der Waals surface area contributed by atoms with E-state index in [1.807, 2.05) is 0 Å². The highest BCUT2D eigenvalue weighted by molar-refractivity contribution is 7.18. The van der Waals surface area contributed by atoms with Crippen LogP contribution in [0.2, 0.25) is 0 Å². The lowest BCUT2D eigenvalue weighted by atomic mass is 10.2. The lowest BCUT2D eigenvalue weighted by Gasteiger charge is -1.96. The van der Waals surface area contributed by atoms with Crippen molar-refractivity contribution in [1.29, 1.82) is 0 Å². The van der Waals surface area contributed by atoms with Crippen LogP contribution in [0.4, 0.5) is 5.00 Å². The highest BCUT2D eigenvalue weighted by Crippen LogP contribution is 2.36. The van der Waals surface area contributed by atoms with E-state index >= 15 is 0 Å². The molecule has 2 aromatic rings. The summed E-state index contributed by atoms with van der Waals surface area (Å²) in [5, 5.41) is 16.7. The first-order valence-electron chi connectivity index (χ1n) is 4.46. The van der Waals surface area contributed by atoms with Gasteiger partial charge in [0.2, 0.25) is 0 Å². The van der Waals surface area contributed by atoms with Crippen LogP contribution in [0.15, 0.2) is 18.6 Å². The lowest BCUT2D eigenvalue weighted by Crippen LogP contribution is -1.92. The summed E-state index contributed by atoms with van der Waals surface area (Å²) in [5.41, 5.74) is 0.755. The van der Waals surface area contributed by atoms with E-state index < -0.39 is 5.97 Å². The molecule has 0 fully saturated rings. The molecule has 0 bridgehead atoms. The maximum Gasteiger partial charge on any atom is 0.345 e. The van der Waals surface area contributed by atoms with Crippen LogP contribution >= 0.6 is 11.3 Å². The monoisotopic (exact) mass is 234 g/mol. The Balaban J connectivity index is 2.24. The summed E-state index contributed by atoms with van der Waals surface area (Å²) in [4.78, 5) is 15.3. The van der Waals surface area contributed by atoms with E-state index in [1.165, 1.54) is 17.7 Å². The number of aromatic carboxylic acids is 1. The molecule has 2 aromatic heterocycles. The average molecular weight is 234 g/mol. The number of carbonyl (C=O) groups is 1. The smallest absolute Gasteiger partial charge is 0.345 e. The summed E-state index contributed by atoms with van der Waals surface area (Å²) in [6.07, 6.45) is 4.87. The predicted octanol–water partition coefficient (Wildman–Crippen LogP) is 1.56. The molecule has 6 nitrogen and oxygen atoms in total. The zero-order valence-corrected chi connectivity index (χ0v) is 8.73. The number of anilines is 1. The lowest BCUT2D eigenvalue weighted by molar-refractivity contribution is 0.0702. The average Bonchev–Trinajstić information content (AvgIpc) is 2.82.